The number of nitrogens with zero attached hydrogens (tertiary/aromatic N) is 5. The van der Waals surface area contributed by atoms with Gasteiger partial charge >= 0.3 is 0 Å². The number of hydrogen-bond donors (Lipinski definition) is 2. The van der Waals surface area contributed by atoms with Gasteiger partial charge < -0.3 is 15.3 Å². The molecule has 7 rings (SSSR count). The number of rotatable bonds is 5. The van der Waals surface area contributed by atoms with E-state index in [-0.39, 0.29) is 16.9 Å². The first-order valence-corrected chi connectivity index (χ1v) is 13.3. The molecular formula is C23H29ClN6O2S. The molecule has 4 fully saturated rings. The molecule has 0 radical (unpaired) electrons. The lowest BCUT2D eigenvalue weighted by Gasteiger charge is -2.55. The van der Waals surface area contributed by atoms with Gasteiger partial charge in [0.15, 0.2) is 0 Å². The third-order valence-corrected chi connectivity index (χ3v) is 10.0. The predicted octanol–water partition coefficient (Wildman–Crippen LogP) is 3.21. The van der Waals surface area contributed by atoms with E-state index < -0.39 is 10.8 Å². The van der Waals surface area contributed by atoms with Crippen LogP contribution in [-0.4, -0.2) is 58.2 Å². The Kier molecular flexibility index (Phi) is 4.98. The molecule has 2 aliphatic carbocycles. The van der Waals surface area contributed by atoms with Crippen LogP contribution in [0, 0.1) is 0 Å². The maximum atomic E-state index is 13.3. The molecule has 176 valence electrons. The summed E-state index contributed by atoms with van der Waals surface area (Å²) in [7, 11) is -1.19. The van der Waals surface area contributed by atoms with Crippen LogP contribution in [-0.2, 0) is 17.2 Å². The molecule has 0 spiro atoms. The van der Waals surface area contributed by atoms with Crippen LogP contribution < -0.4 is 10.2 Å². The van der Waals surface area contributed by atoms with Crippen molar-refractivity contribution in [3.05, 3.63) is 28.9 Å². The Balaban J connectivity index is 1.31. The van der Waals surface area contributed by atoms with Gasteiger partial charge in [0.2, 0.25) is 5.95 Å². The lowest BCUT2D eigenvalue weighted by atomic mass is 9.73. The largest absolute Gasteiger partial charge is 0.394 e. The van der Waals surface area contributed by atoms with Crippen LogP contribution >= 0.6 is 11.6 Å². The molecule has 10 heteroatoms. The minimum Gasteiger partial charge on any atom is -0.394 e. The molecule has 2 saturated heterocycles. The van der Waals surface area contributed by atoms with E-state index in [4.69, 9.17) is 21.6 Å². The van der Waals surface area contributed by atoms with Gasteiger partial charge in [-0.05, 0) is 52.4 Å². The van der Waals surface area contributed by atoms with E-state index >= 15 is 0 Å². The summed E-state index contributed by atoms with van der Waals surface area (Å²) in [5.74, 6) is 2.54. The van der Waals surface area contributed by atoms with E-state index in [9.17, 15) is 9.32 Å². The highest BCUT2D eigenvalue weighted by Crippen LogP contribution is 2.48. The zero-order valence-corrected chi connectivity index (χ0v) is 20.5. The van der Waals surface area contributed by atoms with E-state index in [0.29, 0.717) is 35.3 Å². The maximum absolute atomic E-state index is 13.3. The number of anilines is 2. The number of halogens is 1. The second-order valence-corrected chi connectivity index (χ2v) is 13.1. The first kappa shape index (κ1) is 21.7. The van der Waals surface area contributed by atoms with Crippen LogP contribution in [0.2, 0.25) is 5.02 Å². The quantitative estimate of drug-likeness (QED) is 0.661. The van der Waals surface area contributed by atoms with Crippen molar-refractivity contribution in [2.75, 3.05) is 16.8 Å². The van der Waals surface area contributed by atoms with Gasteiger partial charge in [-0.2, -0.15) is 4.98 Å². The fourth-order valence-corrected chi connectivity index (χ4v) is 7.39. The minimum atomic E-state index is -1.19. The molecule has 2 aromatic rings. The summed E-state index contributed by atoms with van der Waals surface area (Å²) < 4.78 is 12.9. The molecule has 3 aliphatic heterocycles. The van der Waals surface area contributed by atoms with Crippen molar-refractivity contribution in [3.8, 4) is 0 Å². The van der Waals surface area contributed by atoms with Crippen molar-refractivity contribution >= 4 is 34.2 Å². The first-order valence-electron chi connectivity index (χ1n) is 11.8. The zero-order valence-electron chi connectivity index (χ0n) is 18.9. The molecule has 5 aliphatic rings. The minimum absolute atomic E-state index is 0.0505. The summed E-state index contributed by atoms with van der Waals surface area (Å²) in [6.07, 6.45) is 9.90. The van der Waals surface area contributed by atoms with Gasteiger partial charge in [-0.1, -0.05) is 11.6 Å². The number of hydrogen-bond acceptors (Lipinski definition) is 8. The van der Waals surface area contributed by atoms with Crippen LogP contribution in [0.5, 0.6) is 0 Å². The smallest absolute Gasteiger partial charge is 0.228 e. The summed E-state index contributed by atoms with van der Waals surface area (Å²) in [5.41, 5.74) is 0.513. The van der Waals surface area contributed by atoms with Crippen molar-refractivity contribution in [2.45, 2.75) is 92.0 Å². The zero-order chi connectivity index (χ0) is 23.0. The van der Waals surface area contributed by atoms with Crippen molar-refractivity contribution in [2.24, 2.45) is 0 Å². The third kappa shape index (κ3) is 3.46. The van der Waals surface area contributed by atoms with Crippen LogP contribution in [0.3, 0.4) is 0 Å². The van der Waals surface area contributed by atoms with Crippen LogP contribution in [0.25, 0.3) is 0 Å². The third-order valence-electron chi connectivity index (χ3n) is 7.88. The molecule has 2 N–H and O–H groups in total. The fourth-order valence-electron chi connectivity index (χ4n) is 5.87. The maximum Gasteiger partial charge on any atom is 0.228 e. The van der Waals surface area contributed by atoms with Crippen molar-refractivity contribution in [1.29, 1.82) is 0 Å². The Morgan fingerprint density at radius 1 is 1.18 bits per heavy atom. The highest BCUT2D eigenvalue weighted by atomic mass is 35.5. The number of fused-ring (bicyclic) bond motifs is 3. The Labute approximate surface area is 201 Å². The molecule has 3 atom stereocenters. The van der Waals surface area contributed by atoms with Crippen LogP contribution in [0.4, 0.5) is 11.8 Å². The van der Waals surface area contributed by atoms with Gasteiger partial charge in [-0.25, -0.2) is 15.0 Å². The summed E-state index contributed by atoms with van der Waals surface area (Å²) >= 11 is 5.96. The summed E-state index contributed by atoms with van der Waals surface area (Å²) in [4.78, 5) is 21.8. The predicted molar refractivity (Wildman–Crippen MR) is 127 cm³/mol. The second kappa shape index (κ2) is 7.58. The standard InChI is InChI=1S/C23H29ClN6O2S/c1-22(2)9-17-18(33(22)32)20(29-23(12-31)4-3-5-23)28-21(27-17)30-15-6-13(7-16(30)8-15)19-25-10-14(24)11-26-19/h10-11,13,15-16,31H,3-9,12H2,1-2H3,(H,27,28,29). The topological polar surface area (TPSA) is 104 Å². The molecule has 0 aromatic carbocycles. The van der Waals surface area contributed by atoms with E-state index in [0.717, 1.165) is 60.9 Å². The Hall–Kier alpha value is -1.84. The SMILES string of the molecule is CC1(C)Cc2nc(N3C4CC(c5ncc(Cl)cn5)CC3C4)nc(NC3(CO)CCC3)c2S1=O. The van der Waals surface area contributed by atoms with Gasteiger partial charge in [0.05, 0.1) is 38.4 Å². The first-order chi connectivity index (χ1) is 15.8. The lowest BCUT2D eigenvalue weighted by Crippen LogP contribution is -2.61. The monoisotopic (exact) mass is 488 g/mol. The van der Waals surface area contributed by atoms with Gasteiger partial charge in [-0.15, -0.1) is 0 Å². The average Bonchev–Trinajstić information content (AvgIpc) is 2.99. The molecule has 5 heterocycles. The van der Waals surface area contributed by atoms with Crippen molar-refractivity contribution in [1.82, 2.24) is 19.9 Å². The summed E-state index contributed by atoms with van der Waals surface area (Å²) in [6, 6.07) is 0.684. The number of aromatic nitrogens is 4. The Bertz CT molecular complexity index is 1110. The number of piperidine rings is 1. The highest BCUT2D eigenvalue weighted by molar-refractivity contribution is 7.87. The second-order valence-electron chi connectivity index (χ2n) is 10.6. The van der Waals surface area contributed by atoms with Crippen LogP contribution in [0.1, 0.15) is 69.8 Å². The molecule has 8 nitrogen and oxygen atoms in total. The van der Waals surface area contributed by atoms with Gasteiger partial charge in [0.25, 0.3) is 0 Å². The lowest BCUT2D eigenvalue weighted by molar-refractivity contribution is 0.143. The number of aliphatic hydroxyl groups is 1. The number of aliphatic hydroxyl groups excluding tert-OH is 1. The van der Waals surface area contributed by atoms with E-state index in [1.165, 1.54) is 0 Å². The normalized spacial score (nSPS) is 30.8. The summed E-state index contributed by atoms with van der Waals surface area (Å²) in [6.45, 7) is 4.10. The number of nitrogens with one attached hydrogen (secondary N) is 1. The van der Waals surface area contributed by atoms with Crippen LogP contribution in [0.15, 0.2) is 17.3 Å². The highest BCUT2D eigenvalue weighted by Gasteiger charge is 2.49. The molecule has 33 heavy (non-hydrogen) atoms. The van der Waals surface area contributed by atoms with E-state index in [1.54, 1.807) is 12.4 Å². The van der Waals surface area contributed by atoms with Crippen molar-refractivity contribution in [3.63, 3.8) is 0 Å². The molecular weight excluding hydrogens is 460 g/mol. The molecule has 0 amide bonds. The van der Waals surface area contributed by atoms with Gasteiger partial charge in [-0.3, -0.25) is 4.21 Å². The van der Waals surface area contributed by atoms with Crippen molar-refractivity contribution < 1.29 is 9.32 Å². The van der Waals surface area contributed by atoms with E-state index in [1.807, 2.05) is 13.8 Å². The Morgan fingerprint density at radius 2 is 1.88 bits per heavy atom. The molecule has 3 unspecified atom stereocenters. The van der Waals surface area contributed by atoms with Gasteiger partial charge in [0.1, 0.15) is 16.5 Å². The Morgan fingerprint density at radius 3 is 2.48 bits per heavy atom. The van der Waals surface area contributed by atoms with E-state index in [2.05, 4.69) is 20.2 Å². The fraction of sp³-hybridized carbons (Fsp3) is 0.652. The molecule has 2 aromatic heterocycles. The van der Waals surface area contributed by atoms with Gasteiger partial charge in [0, 0.05) is 36.8 Å². The molecule has 2 bridgehead atoms. The molecule has 2 saturated carbocycles. The summed E-state index contributed by atoms with van der Waals surface area (Å²) in [5, 5.41) is 14.1. The average molecular weight is 489 g/mol.